The molecule has 4 nitrogen and oxygen atoms in total. The summed E-state index contributed by atoms with van der Waals surface area (Å²) in [6.45, 7) is 4.82. The highest BCUT2D eigenvalue weighted by atomic mass is 32.1. The van der Waals surface area contributed by atoms with Crippen LogP contribution in [0.25, 0.3) is 0 Å². The molecule has 0 radical (unpaired) electrons. The Balaban J connectivity index is 1.49. The van der Waals surface area contributed by atoms with E-state index >= 15 is 0 Å². The van der Waals surface area contributed by atoms with Gasteiger partial charge in [0, 0.05) is 31.4 Å². The van der Waals surface area contributed by atoms with Crippen molar-refractivity contribution in [3.8, 4) is 0 Å². The lowest BCUT2D eigenvalue weighted by atomic mass is 9.95. The molecule has 2 aromatic rings. The van der Waals surface area contributed by atoms with Crippen LogP contribution in [0, 0.1) is 12.8 Å². The van der Waals surface area contributed by atoms with Crippen molar-refractivity contribution in [2.45, 2.75) is 39.0 Å². The Bertz CT molecular complexity index is 796. The third kappa shape index (κ3) is 5.32. The minimum atomic E-state index is -4.34. The zero-order chi connectivity index (χ0) is 20.3. The van der Waals surface area contributed by atoms with Crippen molar-refractivity contribution in [3.63, 3.8) is 0 Å². The van der Waals surface area contributed by atoms with E-state index in [9.17, 15) is 18.0 Å². The second-order valence-corrected chi connectivity index (χ2v) is 8.36. The minimum Gasteiger partial charge on any atom is -0.341 e. The van der Waals surface area contributed by atoms with Gasteiger partial charge >= 0.3 is 6.18 Å². The van der Waals surface area contributed by atoms with E-state index in [1.165, 1.54) is 12.1 Å². The maximum Gasteiger partial charge on any atom is 0.416 e. The average Bonchev–Trinajstić information content (AvgIpc) is 3.06. The number of hydrogen-bond acceptors (Lipinski definition) is 4. The normalized spacial score (nSPS) is 16.3. The van der Waals surface area contributed by atoms with Crippen molar-refractivity contribution in [2.24, 2.45) is 5.92 Å². The van der Waals surface area contributed by atoms with Gasteiger partial charge in [-0.3, -0.25) is 9.69 Å². The van der Waals surface area contributed by atoms with E-state index in [0.717, 1.165) is 55.3 Å². The summed E-state index contributed by atoms with van der Waals surface area (Å²) >= 11 is 1.64. The summed E-state index contributed by atoms with van der Waals surface area (Å²) in [6.07, 6.45) is -2.76. The number of nitrogens with zero attached hydrogens (tertiary/aromatic N) is 3. The lowest BCUT2D eigenvalue weighted by Crippen LogP contribution is -2.40. The van der Waals surface area contributed by atoms with Crippen LogP contribution >= 0.6 is 11.3 Å². The summed E-state index contributed by atoms with van der Waals surface area (Å²) in [5, 5.41) is 3.13. The average molecular weight is 411 g/mol. The lowest BCUT2D eigenvalue weighted by molar-refractivity contribution is -0.138. The van der Waals surface area contributed by atoms with Gasteiger partial charge < -0.3 is 4.90 Å². The number of hydrogen-bond donors (Lipinski definition) is 0. The highest BCUT2D eigenvalue weighted by Crippen LogP contribution is 2.29. The van der Waals surface area contributed by atoms with Crippen LogP contribution in [-0.4, -0.2) is 40.8 Å². The molecule has 1 aliphatic heterocycles. The van der Waals surface area contributed by atoms with Gasteiger partial charge in [0.25, 0.3) is 0 Å². The Morgan fingerprint density at radius 3 is 2.43 bits per heavy atom. The van der Waals surface area contributed by atoms with Crippen LogP contribution < -0.4 is 0 Å². The van der Waals surface area contributed by atoms with E-state index in [1.807, 2.05) is 6.92 Å². The molecule has 1 amide bonds. The lowest BCUT2D eigenvalue weighted by Gasteiger charge is -2.32. The first kappa shape index (κ1) is 20.8. The van der Waals surface area contributed by atoms with Gasteiger partial charge in [-0.1, -0.05) is 12.1 Å². The fourth-order valence-corrected chi connectivity index (χ4v) is 4.11. The number of benzene rings is 1. The highest BCUT2D eigenvalue weighted by Gasteiger charge is 2.30. The van der Waals surface area contributed by atoms with Crippen molar-refractivity contribution in [1.82, 2.24) is 14.8 Å². The molecule has 0 bridgehead atoms. The second kappa shape index (κ2) is 8.61. The minimum absolute atomic E-state index is 0.0344. The summed E-state index contributed by atoms with van der Waals surface area (Å²) < 4.78 is 38.0. The molecule has 0 atom stereocenters. The van der Waals surface area contributed by atoms with Crippen LogP contribution in [0.5, 0.6) is 0 Å². The quantitative estimate of drug-likeness (QED) is 0.734. The summed E-state index contributed by atoms with van der Waals surface area (Å²) in [7, 11) is 1.71. The fraction of sp³-hybridized carbons (Fsp3) is 0.500. The predicted molar refractivity (Wildman–Crippen MR) is 103 cm³/mol. The van der Waals surface area contributed by atoms with E-state index in [0.29, 0.717) is 12.1 Å². The zero-order valence-electron chi connectivity index (χ0n) is 16.0. The number of piperidine rings is 1. The molecular formula is C20H24F3N3OS. The Hall–Kier alpha value is -1.93. The van der Waals surface area contributed by atoms with Crippen molar-refractivity contribution in [2.75, 3.05) is 20.1 Å². The van der Waals surface area contributed by atoms with Crippen LogP contribution in [-0.2, 0) is 24.1 Å². The third-order valence-corrected chi connectivity index (χ3v) is 5.89. The predicted octanol–water partition coefficient (Wildman–Crippen LogP) is 4.34. The fourth-order valence-electron chi connectivity index (χ4n) is 3.51. The molecule has 1 aliphatic rings. The van der Waals surface area contributed by atoms with E-state index in [2.05, 4.69) is 15.3 Å². The van der Waals surface area contributed by atoms with Gasteiger partial charge in [-0.05, 0) is 50.6 Å². The van der Waals surface area contributed by atoms with Crippen LogP contribution in [0.15, 0.2) is 29.6 Å². The number of alkyl halides is 3. The molecular weight excluding hydrogens is 387 g/mol. The van der Waals surface area contributed by atoms with Gasteiger partial charge in [0.1, 0.15) is 0 Å². The maximum absolute atomic E-state index is 12.7. The number of carbonyl (C=O) groups excluding carboxylic acids is 1. The van der Waals surface area contributed by atoms with Crippen molar-refractivity contribution in [3.05, 3.63) is 51.5 Å². The van der Waals surface area contributed by atoms with Gasteiger partial charge in [-0.25, -0.2) is 4.98 Å². The molecule has 1 saturated heterocycles. The van der Waals surface area contributed by atoms with Crippen LogP contribution in [0.2, 0.25) is 0 Å². The molecule has 1 aromatic heterocycles. The first-order chi connectivity index (χ1) is 13.2. The molecule has 28 heavy (non-hydrogen) atoms. The Labute approximate surface area is 167 Å². The number of aromatic nitrogens is 1. The van der Waals surface area contributed by atoms with Crippen molar-refractivity contribution >= 4 is 17.2 Å². The third-order valence-electron chi connectivity index (χ3n) is 5.07. The molecule has 2 heterocycles. The van der Waals surface area contributed by atoms with Gasteiger partial charge in [0.15, 0.2) is 0 Å². The Kier molecular flexibility index (Phi) is 6.40. The summed E-state index contributed by atoms with van der Waals surface area (Å²) in [4.78, 5) is 21.1. The van der Waals surface area contributed by atoms with Crippen LogP contribution in [0.4, 0.5) is 13.2 Å². The Morgan fingerprint density at radius 1 is 1.25 bits per heavy atom. The number of aryl methyl sites for hydroxylation is 1. The number of rotatable bonds is 5. The first-order valence-corrected chi connectivity index (χ1v) is 10.1. The molecule has 8 heteroatoms. The number of carbonyl (C=O) groups is 1. The van der Waals surface area contributed by atoms with E-state index in [4.69, 9.17) is 0 Å². The molecule has 3 rings (SSSR count). The van der Waals surface area contributed by atoms with Crippen molar-refractivity contribution < 1.29 is 18.0 Å². The van der Waals surface area contributed by atoms with Gasteiger partial charge in [-0.2, -0.15) is 13.2 Å². The smallest absolute Gasteiger partial charge is 0.341 e. The molecule has 152 valence electrons. The van der Waals surface area contributed by atoms with Crippen LogP contribution in [0.1, 0.15) is 34.7 Å². The monoisotopic (exact) mass is 411 g/mol. The van der Waals surface area contributed by atoms with Crippen LogP contribution in [0.3, 0.4) is 0 Å². The number of thiazole rings is 1. The number of likely N-dealkylation sites (tertiary alicyclic amines) is 1. The standard InChI is InChI=1S/C20H24F3N3OS/c1-14-24-18(13-28-14)12-26-9-7-16(8-10-26)19(27)25(2)11-15-3-5-17(6-4-15)20(21,22)23/h3-6,13,16H,7-12H2,1-2H3. The second-order valence-electron chi connectivity index (χ2n) is 7.30. The maximum atomic E-state index is 12.7. The topological polar surface area (TPSA) is 36.4 Å². The van der Waals surface area contributed by atoms with E-state index in [-0.39, 0.29) is 11.8 Å². The first-order valence-electron chi connectivity index (χ1n) is 9.27. The van der Waals surface area contributed by atoms with E-state index < -0.39 is 11.7 Å². The largest absolute Gasteiger partial charge is 0.416 e. The molecule has 0 unspecified atom stereocenters. The number of amides is 1. The number of halogens is 3. The zero-order valence-corrected chi connectivity index (χ0v) is 16.8. The van der Waals surface area contributed by atoms with Gasteiger partial charge in [-0.15, -0.1) is 11.3 Å². The van der Waals surface area contributed by atoms with Gasteiger partial charge in [0.05, 0.1) is 16.3 Å². The molecule has 1 fully saturated rings. The Morgan fingerprint density at radius 2 is 1.89 bits per heavy atom. The summed E-state index contributed by atoms with van der Waals surface area (Å²) in [6, 6.07) is 4.99. The molecule has 0 spiro atoms. The van der Waals surface area contributed by atoms with Crippen molar-refractivity contribution in [1.29, 1.82) is 0 Å². The summed E-state index contributed by atoms with van der Waals surface area (Å²) in [5.41, 5.74) is 1.10. The summed E-state index contributed by atoms with van der Waals surface area (Å²) in [5.74, 6) is 0.0249. The van der Waals surface area contributed by atoms with E-state index in [1.54, 1.807) is 23.3 Å². The SMILES string of the molecule is Cc1nc(CN2CCC(C(=O)N(C)Cc3ccc(C(F)(F)F)cc3)CC2)cs1. The molecule has 1 aromatic carbocycles. The van der Waals surface area contributed by atoms with Gasteiger partial charge in [0.2, 0.25) is 5.91 Å². The molecule has 0 saturated carbocycles. The highest BCUT2D eigenvalue weighted by molar-refractivity contribution is 7.09. The molecule has 0 N–H and O–H groups in total. The molecule has 0 aliphatic carbocycles.